The number of anilines is 2. The molecule has 0 aromatic carbocycles. The van der Waals surface area contributed by atoms with Gasteiger partial charge in [0.05, 0.1) is 18.6 Å². The van der Waals surface area contributed by atoms with Gasteiger partial charge in [0.2, 0.25) is 0 Å². The number of aromatic nitrogens is 7. The Morgan fingerprint density at radius 1 is 0.931 bits per heavy atom. The summed E-state index contributed by atoms with van der Waals surface area (Å²) >= 11 is 0. The second-order valence-corrected chi connectivity index (χ2v) is 6.78. The zero-order valence-corrected chi connectivity index (χ0v) is 15.6. The highest BCUT2D eigenvalue weighted by Crippen LogP contribution is 2.22. The van der Waals surface area contributed by atoms with Crippen molar-refractivity contribution in [3.63, 3.8) is 0 Å². The van der Waals surface area contributed by atoms with E-state index in [9.17, 15) is 4.79 Å². The van der Waals surface area contributed by atoms with Crippen molar-refractivity contribution in [2.75, 3.05) is 36.0 Å². The van der Waals surface area contributed by atoms with Gasteiger partial charge in [0.1, 0.15) is 17.7 Å². The number of hydrogen-bond acceptors (Lipinski definition) is 8. The fourth-order valence-corrected chi connectivity index (χ4v) is 3.50. The van der Waals surface area contributed by atoms with Crippen molar-refractivity contribution in [3.05, 3.63) is 65.2 Å². The van der Waals surface area contributed by atoms with Crippen molar-refractivity contribution in [1.29, 1.82) is 0 Å². The van der Waals surface area contributed by atoms with Gasteiger partial charge < -0.3 is 14.8 Å². The molecule has 4 aromatic rings. The van der Waals surface area contributed by atoms with Crippen LogP contribution in [0, 0.1) is 0 Å². The Bertz CT molecular complexity index is 1180. The monoisotopic (exact) mass is 389 g/mol. The van der Waals surface area contributed by atoms with Crippen LogP contribution in [0.25, 0.3) is 11.2 Å². The molecule has 5 heterocycles. The van der Waals surface area contributed by atoms with Gasteiger partial charge in [-0.25, -0.2) is 19.6 Å². The Morgan fingerprint density at radius 2 is 1.79 bits per heavy atom. The lowest BCUT2D eigenvalue weighted by atomic mass is 10.3. The molecule has 4 aromatic heterocycles. The standard InChI is InChI=1S/C19H19N9O/c29-16-5-4-15(25-28(16)11-14-3-1-2-6-20-14)26-7-9-27(10-8-26)19-17-18(22-12-21-17)23-13-24-19/h1-6,12-13H,7-11H2,(H,21,22,23,24). The van der Waals surface area contributed by atoms with Gasteiger partial charge in [-0.05, 0) is 18.2 Å². The molecule has 1 N–H and O–H groups in total. The number of imidazole rings is 1. The second-order valence-electron chi connectivity index (χ2n) is 6.78. The number of hydrogen-bond donors (Lipinski definition) is 1. The van der Waals surface area contributed by atoms with Gasteiger partial charge in [-0.15, -0.1) is 0 Å². The first-order chi connectivity index (χ1) is 14.3. The van der Waals surface area contributed by atoms with Gasteiger partial charge in [-0.3, -0.25) is 9.78 Å². The summed E-state index contributed by atoms with van der Waals surface area (Å²) in [4.78, 5) is 36.8. The summed E-state index contributed by atoms with van der Waals surface area (Å²) in [5, 5.41) is 4.56. The van der Waals surface area contributed by atoms with E-state index in [4.69, 9.17) is 0 Å². The zero-order chi connectivity index (χ0) is 19.6. The van der Waals surface area contributed by atoms with E-state index in [1.807, 2.05) is 18.2 Å². The normalized spacial score (nSPS) is 14.5. The number of rotatable bonds is 4. The smallest absolute Gasteiger partial charge is 0.267 e. The van der Waals surface area contributed by atoms with Crippen LogP contribution in [-0.4, -0.2) is 60.9 Å². The van der Waals surface area contributed by atoms with Crippen LogP contribution in [0.15, 0.2) is 54.0 Å². The summed E-state index contributed by atoms with van der Waals surface area (Å²) in [6.45, 7) is 3.47. The van der Waals surface area contributed by atoms with E-state index in [1.165, 1.54) is 4.68 Å². The third kappa shape index (κ3) is 3.40. The Morgan fingerprint density at radius 3 is 2.62 bits per heavy atom. The number of fused-ring (bicyclic) bond motifs is 1. The number of piperazine rings is 1. The summed E-state index contributed by atoms with van der Waals surface area (Å²) in [5.74, 6) is 1.65. The van der Waals surface area contributed by atoms with Crippen molar-refractivity contribution < 1.29 is 0 Å². The van der Waals surface area contributed by atoms with Gasteiger partial charge in [0.15, 0.2) is 11.5 Å². The highest BCUT2D eigenvalue weighted by molar-refractivity contribution is 5.82. The molecule has 5 rings (SSSR count). The van der Waals surface area contributed by atoms with Crippen LogP contribution in [-0.2, 0) is 6.54 Å². The maximum Gasteiger partial charge on any atom is 0.267 e. The molecule has 0 radical (unpaired) electrons. The molecule has 0 saturated carbocycles. The van der Waals surface area contributed by atoms with Crippen molar-refractivity contribution in [2.24, 2.45) is 0 Å². The minimum Gasteiger partial charge on any atom is -0.352 e. The van der Waals surface area contributed by atoms with Gasteiger partial charge in [-0.1, -0.05) is 6.07 Å². The second kappa shape index (κ2) is 7.30. The fourth-order valence-electron chi connectivity index (χ4n) is 3.50. The van der Waals surface area contributed by atoms with Crippen molar-refractivity contribution in [2.45, 2.75) is 6.54 Å². The molecule has 1 saturated heterocycles. The van der Waals surface area contributed by atoms with Gasteiger partial charge >= 0.3 is 0 Å². The van der Waals surface area contributed by atoms with Crippen molar-refractivity contribution in [3.8, 4) is 0 Å². The lowest BCUT2D eigenvalue weighted by Gasteiger charge is -2.36. The Balaban J connectivity index is 1.32. The predicted molar refractivity (Wildman–Crippen MR) is 108 cm³/mol. The summed E-state index contributed by atoms with van der Waals surface area (Å²) < 4.78 is 1.46. The highest BCUT2D eigenvalue weighted by Gasteiger charge is 2.22. The van der Waals surface area contributed by atoms with Gasteiger partial charge in [0, 0.05) is 38.4 Å². The molecule has 0 unspecified atom stereocenters. The summed E-state index contributed by atoms with van der Waals surface area (Å²) in [6, 6.07) is 8.99. The molecule has 1 aliphatic heterocycles. The molecule has 0 atom stereocenters. The minimum absolute atomic E-state index is 0.138. The van der Waals surface area contributed by atoms with Crippen molar-refractivity contribution >= 4 is 22.8 Å². The van der Waals surface area contributed by atoms with Crippen LogP contribution in [0.4, 0.5) is 11.6 Å². The summed E-state index contributed by atoms with van der Waals surface area (Å²) in [5.41, 5.74) is 2.18. The molecule has 1 fully saturated rings. The molecule has 0 aliphatic carbocycles. The topological polar surface area (TPSA) is 109 Å². The molecule has 0 bridgehead atoms. The molecule has 29 heavy (non-hydrogen) atoms. The maximum absolute atomic E-state index is 12.2. The molecule has 146 valence electrons. The zero-order valence-electron chi connectivity index (χ0n) is 15.6. The SMILES string of the molecule is O=c1ccc(N2CCN(c3ncnc4nc[nH]c34)CC2)nn1Cc1ccccn1. The molecular weight excluding hydrogens is 370 g/mol. The molecule has 1 aliphatic rings. The Labute approximate surface area is 165 Å². The van der Waals surface area contributed by atoms with Crippen molar-refractivity contribution in [1.82, 2.24) is 34.7 Å². The quantitative estimate of drug-likeness (QED) is 0.543. The first-order valence-electron chi connectivity index (χ1n) is 9.40. The van der Waals surface area contributed by atoms with Gasteiger partial charge in [0.25, 0.3) is 5.56 Å². The average molecular weight is 389 g/mol. The number of nitrogens with zero attached hydrogens (tertiary/aromatic N) is 8. The third-order valence-corrected chi connectivity index (χ3v) is 5.00. The van der Waals surface area contributed by atoms with Crippen LogP contribution >= 0.6 is 0 Å². The molecule has 10 nitrogen and oxygen atoms in total. The summed E-state index contributed by atoms with van der Waals surface area (Å²) in [7, 11) is 0. The molecular formula is C19H19N9O. The average Bonchev–Trinajstić information content (AvgIpc) is 3.25. The van der Waals surface area contributed by atoms with Gasteiger partial charge in [-0.2, -0.15) is 5.10 Å². The Hall–Kier alpha value is -3.82. The van der Waals surface area contributed by atoms with Crippen LogP contribution in [0.3, 0.4) is 0 Å². The highest BCUT2D eigenvalue weighted by atomic mass is 16.1. The number of H-pyrrole nitrogens is 1. The fraction of sp³-hybridized carbons (Fsp3) is 0.263. The first-order valence-corrected chi connectivity index (χ1v) is 9.40. The van der Waals surface area contributed by atoms with Crippen LogP contribution in [0.2, 0.25) is 0 Å². The number of nitrogens with one attached hydrogen (secondary N) is 1. The molecule has 10 heteroatoms. The van der Waals surface area contributed by atoms with Crippen LogP contribution in [0.5, 0.6) is 0 Å². The maximum atomic E-state index is 12.2. The van der Waals surface area contributed by atoms with Crippen LogP contribution in [0.1, 0.15) is 5.69 Å². The van der Waals surface area contributed by atoms with E-state index in [2.05, 4.69) is 39.8 Å². The summed E-state index contributed by atoms with van der Waals surface area (Å²) in [6.07, 6.45) is 4.89. The van der Waals surface area contributed by atoms with E-state index in [0.717, 1.165) is 49.0 Å². The van der Waals surface area contributed by atoms with E-state index < -0.39 is 0 Å². The lowest BCUT2D eigenvalue weighted by molar-refractivity contribution is 0.595. The van der Waals surface area contributed by atoms with E-state index >= 15 is 0 Å². The lowest BCUT2D eigenvalue weighted by Crippen LogP contribution is -2.47. The largest absolute Gasteiger partial charge is 0.352 e. The van der Waals surface area contributed by atoms with E-state index in [-0.39, 0.29) is 5.56 Å². The van der Waals surface area contributed by atoms with E-state index in [1.54, 1.807) is 31.0 Å². The number of pyridine rings is 1. The third-order valence-electron chi connectivity index (χ3n) is 5.00. The van der Waals surface area contributed by atoms with Crippen LogP contribution < -0.4 is 15.4 Å². The first kappa shape index (κ1) is 17.3. The minimum atomic E-state index is -0.138. The number of aromatic amines is 1. The van der Waals surface area contributed by atoms with E-state index in [0.29, 0.717) is 12.2 Å². The predicted octanol–water partition coefficient (Wildman–Crippen LogP) is 0.679. The Kier molecular flexibility index (Phi) is 4.35. The molecule has 0 spiro atoms. The molecule has 0 amide bonds.